The van der Waals surface area contributed by atoms with Crippen LogP contribution in [0.3, 0.4) is 0 Å². The molecule has 0 heterocycles. The highest BCUT2D eigenvalue weighted by atomic mass is 19.2. The molecule has 0 spiro atoms. The van der Waals surface area contributed by atoms with Gasteiger partial charge in [0.15, 0.2) is 11.6 Å². The van der Waals surface area contributed by atoms with Gasteiger partial charge in [0, 0.05) is 30.6 Å². The molecule has 0 radical (unpaired) electrons. The second kappa shape index (κ2) is 12.9. The number of benzene rings is 2. The molecule has 0 aromatic heterocycles. The van der Waals surface area contributed by atoms with Crippen molar-refractivity contribution in [3.8, 4) is 22.6 Å². The Balaban J connectivity index is 1.88. The van der Waals surface area contributed by atoms with Gasteiger partial charge in [-0.25, -0.2) is 14.0 Å². The van der Waals surface area contributed by atoms with Crippen molar-refractivity contribution in [2.45, 2.75) is 12.8 Å². The van der Waals surface area contributed by atoms with Gasteiger partial charge in [0.2, 0.25) is 5.82 Å². The van der Waals surface area contributed by atoms with Crippen LogP contribution in [0.15, 0.2) is 61.7 Å². The van der Waals surface area contributed by atoms with E-state index in [2.05, 4.69) is 13.2 Å². The van der Waals surface area contributed by atoms with Crippen molar-refractivity contribution in [2.75, 3.05) is 26.4 Å². The van der Waals surface area contributed by atoms with Gasteiger partial charge in [-0.2, -0.15) is 4.39 Å². The lowest BCUT2D eigenvalue weighted by molar-refractivity contribution is -0.138. The van der Waals surface area contributed by atoms with E-state index in [1.165, 1.54) is 12.1 Å². The fourth-order valence-corrected chi connectivity index (χ4v) is 2.55. The third-order valence-electron chi connectivity index (χ3n) is 4.14. The lowest BCUT2D eigenvalue weighted by Crippen LogP contribution is -2.07. The van der Waals surface area contributed by atoms with Crippen LogP contribution in [0.5, 0.6) is 11.5 Å². The summed E-state index contributed by atoms with van der Waals surface area (Å²) in [7, 11) is 0. The minimum absolute atomic E-state index is 0.0545. The number of rotatable bonds is 13. The van der Waals surface area contributed by atoms with E-state index in [1.807, 2.05) is 0 Å². The molecule has 0 amide bonds. The van der Waals surface area contributed by atoms with Gasteiger partial charge in [0.05, 0.1) is 26.4 Å². The summed E-state index contributed by atoms with van der Waals surface area (Å²) in [6, 6.07) is 9.27. The average molecular weight is 446 g/mol. The number of halogens is 2. The van der Waals surface area contributed by atoms with Crippen molar-refractivity contribution in [3.63, 3.8) is 0 Å². The third kappa shape index (κ3) is 7.54. The van der Waals surface area contributed by atoms with Gasteiger partial charge >= 0.3 is 11.9 Å². The highest BCUT2D eigenvalue weighted by Crippen LogP contribution is 2.31. The van der Waals surface area contributed by atoms with Crippen molar-refractivity contribution < 1.29 is 37.3 Å². The molecule has 6 nitrogen and oxygen atoms in total. The molecule has 0 aliphatic rings. The van der Waals surface area contributed by atoms with Crippen molar-refractivity contribution in [2.24, 2.45) is 0 Å². The van der Waals surface area contributed by atoms with Gasteiger partial charge < -0.3 is 18.9 Å². The predicted octanol–water partition coefficient (Wildman–Crippen LogP) is 4.63. The van der Waals surface area contributed by atoms with Gasteiger partial charge in [-0.3, -0.25) is 0 Å². The zero-order chi connectivity index (χ0) is 23.3. The summed E-state index contributed by atoms with van der Waals surface area (Å²) in [6.45, 7) is 7.25. The van der Waals surface area contributed by atoms with E-state index in [-0.39, 0.29) is 31.1 Å². The van der Waals surface area contributed by atoms with E-state index in [1.54, 1.807) is 24.3 Å². The van der Waals surface area contributed by atoms with Gasteiger partial charge in [-0.15, -0.1) is 0 Å². The summed E-state index contributed by atoms with van der Waals surface area (Å²) >= 11 is 0. The van der Waals surface area contributed by atoms with Crippen LogP contribution in [0.2, 0.25) is 0 Å². The number of carbonyl (C=O) groups is 2. The molecule has 0 bridgehead atoms. The average Bonchev–Trinajstić information content (AvgIpc) is 2.81. The molecule has 32 heavy (non-hydrogen) atoms. The second-order valence-corrected chi connectivity index (χ2v) is 6.41. The molecule has 0 aliphatic heterocycles. The summed E-state index contributed by atoms with van der Waals surface area (Å²) in [6.07, 6.45) is 2.95. The molecule has 0 N–H and O–H groups in total. The maximum atomic E-state index is 14.5. The Kier molecular flexibility index (Phi) is 9.90. The van der Waals surface area contributed by atoms with Crippen molar-refractivity contribution in [1.82, 2.24) is 0 Å². The molecule has 2 rings (SSSR count). The number of hydrogen-bond donors (Lipinski definition) is 0. The Labute approximate surface area is 185 Å². The molecular formula is C24H24F2O6. The van der Waals surface area contributed by atoms with Crippen LogP contribution in [-0.4, -0.2) is 38.4 Å². The first kappa shape index (κ1) is 24.6. The Morgan fingerprint density at radius 1 is 0.750 bits per heavy atom. The third-order valence-corrected chi connectivity index (χ3v) is 4.14. The smallest absolute Gasteiger partial charge is 0.330 e. The molecular weight excluding hydrogens is 422 g/mol. The molecule has 2 aromatic rings. The fraction of sp³-hybridized carbons (Fsp3) is 0.250. The first-order chi connectivity index (χ1) is 15.5. The second-order valence-electron chi connectivity index (χ2n) is 6.41. The summed E-state index contributed by atoms with van der Waals surface area (Å²) in [5, 5.41) is 0. The Bertz CT molecular complexity index is 940. The maximum absolute atomic E-state index is 14.5. The lowest BCUT2D eigenvalue weighted by Gasteiger charge is -2.11. The van der Waals surface area contributed by atoms with Crippen LogP contribution in [0.4, 0.5) is 8.78 Å². The molecule has 8 heteroatoms. The molecule has 0 unspecified atom stereocenters. The normalized spacial score (nSPS) is 10.2. The monoisotopic (exact) mass is 446 g/mol. The molecule has 170 valence electrons. The Hall–Kier alpha value is -3.68. The van der Waals surface area contributed by atoms with E-state index < -0.39 is 23.6 Å². The zero-order valence-electron chi connectivity index (χ0n) is 17.5. The molecule has 2 aromatic carbocycles. The predicted molar refractivity (Wildman–Crippen MR) is 114 cm³/mol. The molecule has 0 saturated heterocycles. The van der Waals surface area contributed by atoms with Gasteiger partial charge in [-0.05, 0) is 29.8 Å². The minimum Gasteiger partial charge on any atom is -0.493 e. The topological polar surface area (TPSA) is 71.1 Å². The van der Waals surface area contributed by atoms with Crippen LogP contribution in [-0.2, 0) is 19.1 Å². The Morgan fingerprint density at radius 3 is 1.88 bits per heavy atom. The SMILES string of the molecule is C=CC(=O)OCCCOc1ccc(-c2ccc(OCCCOC(=O)C=C)c(F)c2F)cc1. The highest BCUT2D eigenvalue weighted by Gasteiger charge is 2.16. The van der Waals surface area contributed by atoms with Crippen LogP contribution in [0, 0.1) is 11.6 Å². The lowest BCUT2D eigenvalue weighted by atomic mass is 10.0. The van der Waals surface area contributed by atoms with Crippen molar-refractivity contribution >= 4 is 11.9 Å². The standard InChI is InChI=1S/C24H24F2O6/c1-3-21(27)31-15-5-13-29-18-9-7-17(8-10-18)19-11-12-20(24(26)23(19)25)30-14-6-16-32-22(28)4-2/h3-4,7-12H,1-2,5-6,13-16H2. The van der Waals surface area contributed by atoms with E-state index in [9.17, 15) is 18.4 Å². The largest absolute Gasteiger partial charge is 0.493 e. The van der Waals surface area contributed by atoms with Crippen molar-refractivity contribution in [1.29, 1.82) is 0 Å². The van der Waals surface area contributed by atoms with E-state index >= 15 is 0 Å². The zero-order valence-corrected chi connectivity index (χ0v) is 17.5. The first-order valence-corrected chi connectivity index (χ1v) is 9.88. The Morgan fingerprint density at radius 2 is 1.31 bits per heavy atom. The van der Waals surface area contributed by atoms with Gasteiger partial charge in [0.1, 0.15) is 5.75 Å². The van der Waals surface area contributed by atoms with E-state index in [0.29, 0.717) is 30.8 Å². The van der Waals surface area contributed by atoms with E-state index in [4.69, 9.17) is 18.9 Å². The van der Waals surface area contributed by atoms with E-state index in [0.717, 1.165) is 12.2 Å². The summed E-state index contributed by atoms with van der Waals surface area (Å²) in [5.74, 6) is -2.86. The molecule has 0 saturated carbocycles. The summed E-state index contributed by atoms with van der Waals surface area (Å²) in [5.41, 5.74) is 0.550. The molecule has 0 aliphatic carbocycles. The number of ether oxygens (including phenoxy) is 4. The van der Waals surface area contributed by atoms with Gasteiger partial charge in [0.25, 0.3) is 0 Å². The highest BCUT2D eigenvalue weighted by molar-refractivity contribution is 5.81. The number of carbonyl (C=O) groups excluding carboxylic acids is 2. The summed E-state index contributed by atoms with van der Waals surface area (Å²) < 4.78 is 49.3. The fourth-order valence-electron chi connectivity index (χ4n) is 2.55. The van der Waals surface area contributed by atoms with Crippen LogP contribution < -0.4 is 9.47 Å². The summed E-state index contributed by atoms with van der Waals surface area (Å²) in [4.78, 5) is 21.9. The maximum Gasteiger partial charge on any atom is 0.330 e. The molecule has 0 fully saturated rings. The van der Waals surface area contributed by atoms with Gasteiger partial charge in [-0.1, -0.05) is 25.3 Å². The van der Waals surface area contributed by atoms with Crippen LogP contribution >= 0.6 is 0 Å². The minimum atomic E-state index is -1.10. The van der Waals surface area contributed by atoms with Crippen LogP contribution in [0.1, 0.15) is 12.8 Å². The molecule has 0 atom stereocenters. The number of hydrogen-bond acceptors (Lipinski definition) is 6. The first-order valence-electron chi connectivity index (χ1n) is 9.88. The van der Waals surface area contributed by atoms with Crippen LogP contribution in [0.25, 0.3) is 11.1 Å². The quantitative estimate of drug-likeness (QED) is 0.254. The van der Waals surface area contributed by atoms with Crippen molar-refractivity contribution in [3.05, 3.63) is 73.3 Å². The number of esters is 2.